The third-order valence-corrected chi connectivity index (χ3v) is 1.74. The van der Waals surface area contributed by atoms with Crippen LogP contribution < -0.4 is 5.32 Å². The highest BCUT2D eigenvalue weighted by Gasteiger charge is 2.03. The lowest BCUT2D eigenvalue weighted by Gasteiger charge is -2.09. The minimum Gasteiger partial charge on any atom is -0.325 e. The predicted molar refractivity (Wildman–Crippen MR) is 58.3 cm³/mol. The first-order chi connectivity index (χ1) is 7.11. The van der Waals surface area contributed by atoms with Crippen molar-refractivity contribution in [2.45, 2.75) is 0 Å². The lowest BCUT2D eigenvalue weighted by atomic mass is 10.2. The molecule has 0 aliphatic rings. The van der Waals surface area contributed by atoms with Crippen molar-refractivity contribution >= 4 is 11.6 Å². The van der Waals surface area contributed by atoms with Crippen LogP contribution in [0.5, 0.6) is 0 Å². The van der Waals surface area contributed by atoms with Gasteiger partial charge >= 0.3 is 0 Å². The molecule has 0 bridgehead atoms. The average Bonchev–Trinajstić information content (AvgIpc) is 2.16. The summed E-state index contributed by atoms with van der Waals surface area (Å²) in [6.45, 7) is 0.330. The van der Waals surface area contributed by atoms with E-state index >= 15 is 0 Å². The lowest BCUT2D eigenvalue weighted by molar-refractivity contribution is -0.116. The molecule has 1 aromatic carbocycles. The van der Waals surface area contributed by atoms with Crippen LogP contribution in [-0.4, -0.2) is 31.4 Å². The molecule has 0 aliphatic carbocycles. The van der Waals surface area contributed by atoms with Crippen LogP contribution in [-0.2, 0) is 4.79 Å². The van der Waals surface area contributed by atoms with Crippen molar-refractivity contribution in [1.29, 1.82) is 5.26 Å². The maximum Gasteiger partial charge on any atom is 0.238 e. The van der Waals surface area contributed by atoms with Gasteiger partial charge in [0, 0.05) is 5.69 Å². The number of nitrogens with one attached hydrogen (secondary N) is 1. The van der Waals surface area contributed by atoms with E-state index in [9.17, 15) is 4.79 Å². The second-order valence-electron chi connectivity index (χ2n) is 3.48. The van der Waals surface area contributed by atoms with Crippen molar-refractivity contribution in [3.8, 4) is 6.07 Å². The van der Waals surface area contributed by atoms with Crippen LogP contribution in [0.1, 0.15) is 5.56 Å². The summed E-state index contributed by atoms with van der Waals surface area (Å²) >= 11 is 0. The Morgan fingerprint density at radius 1 is 1.53 bits per heavy atom. The largest absolute Gasteiger partial charge is 0.325 e. The van der Waals surface area contributed by atoms with Crippen LogP contribution in [0.3, 0.4) is 0 Å². The molecule has 1 N–H and O–H groups in total. The molecule has 0 saturated heterocycles. The molecule has 0 aromatic heterocycles. The highest BCUT2D eigenvalue weighted by atomic mass is 16.2. The van der Waals surface area contributed by atoms with Gasteiger partial charge in [0.05, 0.1) is 18.2 Å². The smallest absolute Gasteiger partial charge is 0.238 e. The van der Waals surface area contributed by atoms with Crippen LogP contribution in [0, 0.1) is 11.3 Å². The molecule has 78 valence electrons. The van der Waals surface area contributed by atoms with E-state index in [0.717, 1.165) is 0 Å². The molecule has 0 spiro atoms. The molecule has 1 rings (SSSR count). The first-order valence-electron chi connectivity index (χ1n) is 4.56. The maximum atomic E-state index is 11.4. The number of nitriles is 1. The summed E-state index contributed by atoms with van der Waals surface area (Å²) in [7, 11) is 3.65. The highest BCUT2D eigenvalue weighted by molar-refractivity contribution is 5.92. The number of rotatable bonds is 3. The quantitative estimate of drug-likeness (QED) is 0.799. The summed E-state index contributed by atoms with van der Waals surface area (Å²) in [6.07, 6.45) is 0. The molecule has 0 saturated carbocycles. The number of benzene rings is 1. The van der Waals surface area contributed by atoms with Crippen LogP contribution in [0.2, 0.25) is 0 Å². The van der Waals surface area contributed by atoms with Gasteiger partial charge in [0.15, 0.2) is 0 Å². The van der Waals surface area contributed by atoms with Gasteiger partial charge in [-0.05, 0) is 32.3 Å². The van der Waals surface area contributed by atoms with Crippen molar-refractivity contribution in [1.82, 2.24) is 4.90 Å². The molecule has 0 aliphatic heterocycles. The summed E-state index contributed by atoms with van der Waals surface area (Å²) in [5.74, 6) is -0.0879. The average molecular weight is 203 g/mol. The minimum atomic E-state index is -0.0879. The second kappa shape index (κ2) is 5.13. The Balaban J connectivity index is 2.65. The van der Waals surface area contributed by atoms with Gasteiger partial charge in [-0.1, -0.05) is 6.07 Å². The minimum absolute atomic E-state index is 0.0879. The predicted octanol–water partition coefficient (Wildman–Crippen LogP) is 1.06. The normalized spacial score (nSPS) is 9.73. The molecule has 4 nitrogen and oxygen atoms in total. The van der Waals surface area contributed by atoms with Crippen LogP contribution >= 0.6 is 0 Å². The van der Waals surface area contributed by atoms with Gasteiger partial charge in [0.25, 0.3) is 0 Å². The third-order valence-electron chi connectivity index (χ3n) is 1.74. The standard InChI is InChI=1S/C11H13N3O/c1-14(2)8-11(15)13-10-5-3-4-9(6-10)7-12/h3-6H,8H2,1-2H3,(H,13,15). The number of hydrogen-bond donors (Lipinski definition) is 1. The molecule has 1 aromatic rings. The molecular weight excluding hydrogens is 190 g/mol. The van der Waals surface area contributed by atoms with E-state index in [2.05, 4.69) is 5.32 Å². The Morgan fingerprint density at radius 2 is 2.27 bits per heavy atom. The number of carbonyl (C=O) groups excluding carboxylic acids is 1. The van der Waals surface area contributed by atoms with E-state index in [-0.39, 0.29) is 5.91 Å². The fourth-order valence-corrected chi connectivity index (χ4v) is 1.15. The van der Waals surface area contributed by atoms with Gasteiger partial charge in [0.2, 0.25) is 5.91 Å². The lowest BCUT2D eigenvalue weighted by Crippen LogP contribution is -2.27. The number of anilines is 1. The molecule has 0 atom stereocenters. The summed E-state index contributed by atoms with van der Waals surface area (Å²) < 4.78 is 0. The van der Waals surface area contributed by atoms with E-state index in [1.807, 2.05) is 20.2 Å². The first kappa shape index (κ1) is 11.2. The van der Waals surface area contributed by atoms with Gasteiger partial charge < -0.3 is 10.2 Å². The Kier molecular flexibility index (Phi) is 3.83. The molecule has 0 unspecified atom stereocenters. The SMILES string of the molecule is CN(C)CC(=O)Nc1cccc(C#N)c1. The molecule has 0 radical (unpaired) electrons. The number of amides is 1. The Morgan fingerprint density at radius 3 is 2.87 bits per heavy atom. The molecule has 0 heterocycles. The van der Waals surface area contributed by atoms with Crippen LogP contribution in [0.25, 0.3) is 0 Å². The van der Waals surface area contributed by atoms with Crippen molar-refractivity contribution in [2.75, 3.05) is 26.0 Å². The molecule has 4 heteroatoms. The first-order valence-corrected chi connectivity index (χ1v) is 4.56. The summed E-state index contributed by atoms with van der Waals surface area (Å²) in [6, 6.07) is 8.86. The van der Waals surface area contributed by atoms with E-state index in [0.29, 0.717) is 17.8 Å². The Hall–Kier alpha value is -1.86. The maximum absolute atomic E-state index is 11.4. The molecule has 15 heavy (non-hydrogen) atoms. The number of carbonyl (C=O) groups is 1. The van der Waals surface area contributed by atoms with Gasteiger partial charge in [-0.2, -0.15) is 5.26 Å². The molecule has 1 amide bonds. The Labute approximate surface area is 89.1 Å². The number of nitrogens with zero attached hydrogens (tertiary/aromatic N) is 2. The van der Waals surface area contributed by atoms with E-state index < -0.39 is 0 Å². The zero-order valence-corrected chi connectivity index (χ0v) is 8.82. The topological polar surface area (TPSA) is 56.1 Å². The van der Waals surface area contributed by atoms with E-state index in [1.54, 1.807) is 29.2 Å². The zero-order valence-electron chi connectivity index (χ0n) is 8.82. The summed E-state index contributed by atoms with van der Waals surface area (Å²) in [4.78, 5) is 13.2. The highest BCUT2D eigenvalue weighted by Crippen LogP contribution is 2.09. The number of hydrogen-bond acceptors (Lipinski definition) is 3. The molecular formula is C11H13N3O. The van der Waals surface area contributed by atoms with E-state index in [4.69, 9.17) is 5.26 Å². The molecule has 0 fully saturated rings. The van der Waals surface area contributed by atoms with Crippen LogP contribution in [0.4, 0.5) is 5.69 Å². The monoisotopic (exact) mass is 203 g/mol. The van der Waals surface area contributed by atoms with Crippen molar-refractivity contribution in [2.24, 2.45) is 0 Å². The fraction of sp³-hybridized carbons (Fsp3) is 0.273. The van der Waals surface area contributed by atoms with Gasteiger partial charge in [-0.25, -0.2) is 0 Å². The van der Waals surface area contributed by atoms with Crippen molar-refractivity contribution in [3.63, 3.8) is 0 Å². The van der Waals surface area contributed by atoms with E-state index in [1.165, 1.54) is 0 Å². The second-order valence-corrected chi connectivity index (χ2v) is 3.48. The Bertz CT molecular complexity index is 393. The van der Waals surface area contributed by atoms with Crippen molar-refractivity contribution < 1.29 is 4.79 Å². The number of likely N-dealkylation sites (N-methyl/N-ethyl adjacent to an activating group) is 1. The van der Waals surface area contributed by atoms with Gasteiger partial charge in [0.1, 0.15) is 0 Å². The third kappa shape index (κ3) is 3.79. The van der Waals surface area contributed by atoms with Gasteiger partial charge in [-0.15, -0.1) is 0 Å². The van der Waals surface area contributed by atoms with Crippen LogP contribution in [0.15, 0.2) is 24.3 Å². The summed E-state index contributed by atoms with van der Waals surface area (Å²) in [5.41, 5.74) is 1.19. The van der Waals surface area contributed by atoms with Crippen molar-refractivity contribution in [3.05, 3.63) is 29.8 Å². The summed E-state index contributed by atoms with van der Waals surface area (Å²) in [5, 5.41) is 11.4. The fourth-order valence-electron chi connectivity index (χ4n) is 1.15. The zero-order chi connectivity index (χ0) is 11.3. The van der Waals surface area contributed by atoms with Gasteiger partial charge in [-0.3, -0.25) is 4.79 Å².